The van der Waals surface area contributed by atoms with Crippen LogP contribution in [0.4, 0.5) is 27.8 Å². The van der Waals surface area contributed by atoms with Crippen LogP contribution in [0.2, 0.25) is 0 Å². The number of benzene rings is 1. The number of aromatic nitrogens is 3. The van der Waals surface area contributed by atoms with E-state index in [2.05, 4.69) is 25.4 Å². The van der Waals surface area contributed by atoms with Crippen LogP contribution in [-0.4, -0.2) is 39.2 Å². The first-order valence-electron chi connectivity index (χ1n) is 11.9. The van der Waals surface area contributed by atoms with Gasteiger partial charge in [0.15, 0.2) is 11.6 Å². The second-order valence-electron chi connectivity index (χ2n) is 9.12. The molecule has 3 heterocycles. The Bertz CT molecular complexity index is 1250. The van der Waals surface area contributed by atoms with Gasteiger partial charge in [0.25, 0.3) is 6.43 Å². The molecule has 10 heteroatoms. The molecule has 2 aliphatic rings. The molecule has 2 aromatic heterocycles. The number of halogens is 5. The molecule has 3 aromatic rings. The largest absolute Gasteiger partial charge is 0.366 e. The molecule has 0 spiro atoms. The van der Waals surface area contributed by atoms with E-state index in [1.165, 1.54) is 0 Å². The van der Waals surface area contributed by atoms with Gasteiger partial charge in [-0.2, -0.15) is 0 Å². The van der Waals surface area contributed by atoms with Gasteiger partial charge in [0.1, 0.15) is 17.3 Å². The van der Waals surface area contributed by atoms with Gasteiger partial charge in [-0.15, -0.1) is 10.2 Å². The summed E-state index contributed by atoms with van der Waals surface area (Å²) in [6.45, 7) is 3.27. The fraction of sp³-hybridized carbons (Fsp3) is 0.400. The third kappa shape index (κ3) is 4.71. The number of hydrogen-bond acceptors (Lipinski definition) is 5. The second-order valence-corrected chi connectivity index (χ2v) is 9.12. The first-order chi connectivity index (χ1) is 17.1. The molecular formula is C25H24F5N5. The maximum Gasteiger partial charge on any atom is 0.266 e. The first-order valence-corrected chi connectivity index (χ1v) is 11.4. The van der Waals surface area contributed by atoms with Crippen molar-refractivity contribution < 1.29 is 23.3 Å². The molecule has 0 amide bonds. The molecule has 1 N–H and O–H groups in total. The van der Waals surface area contributed by atoms with Gasteiger partial charge >= 0.3 is 0 Å². The van der Waals surface area contributed by atoms with E-state index in [-0.39, 0.29) is 11.9 Å². The predicted octanol–water partition coefficient (Wildman–Crippen LogP) is 5.78. The number of pyridine rings is 1. The van der Waals surface area contributed by atoms with E-state index >= 15 is 0 Å². The Balaban J connectivity index is 1.29. The Morgan fingerprint density at radius 3 is 2.46 bits per heavy atom. The van der Waals surface area contributed by atoms with Gasteiger partial charge in [-0.05, 0) is 55.9 Å². The Hall–Kier alpha value is -3.14. The normalized spacial score (nSPS) is 24.3. The highest BCUT2D eigenvalue weighted by Crippen LogP contribution is 2.42. The van der Waals surface area contributed by atoms with E-state index in [9.17, 15) is 22.0 Å². The number of nitrogens with zero attached hydrogens (tertiary/aromatic N) is 4. The van der Waals surface area contributed by atoms with E-state index in [0.717, 1.165) is 32.0 Å². The maximum atomic E-state index is 14.2. The lowest BCUT2D eigenvalue weighted by atomic mass is 10.0. The smallest absolute Gasteiger partial charge is 0.266 e. The van der Waals surface area contributed by atoms with Crippen molar-refractivity contribution in [2.45, 2.75) is 38.3 Å². The summed E-state index contributed by atoms with van der Waals surface area (Å²) < 4.78 is 77.9. The summed E-state index contributed by atoms with van der Waals surface area (Å²) in [6.07, 6.45) is 0.144. The molecular weight excluding hydrogens is 465 g/mol. The zero-order chi connectivity index (χ0) is 25.6. The fourth-order valence-corrected chi connectivity index (χ4v) is 5.22. The monoisotopic (exact) mass is 490 g/mol. The molecule has 1 aliphatic heterocycles. The molecule has 1 saturated carbocycles. The Morgan fingerprint density at radius 2 is 1.80 bits per heavy atom. The van der Waals surface area contributed by atoms with Gasteiger partial charge in [0.05, 0.1) is 7.06 Å². The quantitative estimate of drug-likeness (QED) is 0.351. The molecule has 4 atom stereocenters. The third-order valence-electron chi connectivity index (χ3n) is 6.92. The van der Waals surface area contributed by atoms with Crippen LogP contribution in [0.3, 0.4) is 0 Å². The summed E-state index contributed by atoms with van der Waals surface area (Å²) in [7, 11) is 0. The molecule has 0 bridgehead atoms. The van der Waals surface area contributed by atoms with Crippen molar-refractivity contribution in [3.8, 4) is 11.3 Å². The lowest BCUT2D eigenvalue weighted by molar-refractivity contribution is 0.151. The fourth-order valence-electron chi connectivity index (χ4n) is 5.22. The molecule has 2 fully saturated rings. The van der Waals surface area contributed by atoms with Crippen molar-refractivity contribution >= 4 is 5.82 Å². The molecule has 184 valence electrons. The van der Waals surface area contributed by atoms with Gasteiger partial charge in [0, 0.05) is 48.5 Å². The van der Waals surface area contributed by atoms with Gasteiger partial charge in [0.2, 0.25) is 0 Å². The zero-order valence-electron chi connectivity index (χ0n) is 19.9. The van der Waals surface area contributed by atoms with Crippen LogP contribution in [0.15, 0.2) is 42.6 Å². The summed E-state index contributed by atoms with van der Waals surface area (Å²) in [5.74, 6) is -3.33. The first kappa shape index (κ1) is 22.3. The van der Waals surface area contributed by atoms with E-state index in [1.54, 1.807) is 6.20 Å². The minimum absolute atomic E-state index is 0.0389. The average Bonchev–Trinajstić information content (AvgIpc) is 3.41. The Kier molecular flexibility index (Phi) is 6.05. The molecule has 0 radical (unpaired) electrons. The van der Waals surface area contributed by atoms with E-state index in [4.69, 9.17) is 1.37 Å². The van der Waals surface area contributed by atoms with Gasteiger partial charge in [-0.3, -0.25) is 9.88 Å². The molecule has 1 saturated heterocycles. The topological polar surface area (TPSA) is 53.9 Å². The lowest BCUT2D eigenvalue weighted by Gasteiger charge is -2.25. The van der Waals surface area contributed by atoms with Crippen LogP contribution in [0, 0.1) is 29.3 Å². The highest BCUT2D eigenvalue weighted by molar-refractivity contribution is 5.65. The minimum Gasteiger partial charge on any atom is -0.366 e. The van der Waals surface area contributed by atoms with Crippen LogP contribution >= 0.6 is 0 Å². The van der Waals surface area contributed by atoms with Crippen molar-refractivity contribution in [1.82, 2.24) is 20.1 Å². The summed E-state index contributed by atoms with van der Waals surface area (Å²) in [5.41, 5.74) is -1.29. The van der Waals surface area contributed by atoms with Gasteiger partial charge in [-0.25, -0.2) is 22.0 Å². The number of alkyl halides is 2. The number of anilines is 1. The summed E-state index contributed by atoms with van der Waals surface area (Å²) in [4.78, 5) is 6.45. The summed E-state index contributed by atoms with van der Waals surface area (Å²) in [5, 5.41) is 10.7. The number of hydrogen-bond donors (Lipinski definition) is 1. The maximum absolute atomic E-state index is 14.2. The minimum atomic E-state index is -3.06. The SMILES string of the molecule is [2H]C(C)(c1ccccn1)N1C[C@H]2CC(Nc3cc(C(F)F)c(-c4cc(F)cc(F)c4F)nn3)C[C@H]2C1. The van der Waals surface area contributed by atoms with Crippen molar-refractivity contribution in [3.05, 3.63) is 71.3 Å². The number of rotatable bonds is 6. The van der Waals surface area contributed by atoms with Crippen LogP contribution in [0.1, 0.15) is 44.8 Å². The van der Waals surface area contributed by atoms with Crippen LogP contribution < -0.4 is 5.32 Å². The highest BCUT2D eigenvalue weighted by Gasteiger charge is 2.42. The number of nitrogens with one attached hydrogen (secondary N) is 1. The molecule has 1 aliphatic carbocycles. The molecule has 35 heavy (non-hydrogen) atoms. The van der Waals surface area contributed by atoms with E-state index < -0.39 is 46.7 Å². The van der Waals surface area contributed by atoms with Crippen molar-refractivity contribution in [2.75, 3.05) is 18.4 Å². The molecule has 5 nitrogen and oxygen atoms in total. The van der Waals surface area contributed by atoms with Crippen molar-refractivity contribution in [2.24, 2.45) is 11.8 Å². The Labute approximate surface area is 200 Å². The number of fused-ring (bicyclic) bond motifs is 1. The van der Waals surface area contributed by atoms with Crippen LogP contribution in [-0.2, 0) is 0 Å². The average molecular weight is 490 g/mol. The van der Waals surface area contributed by atoms with Crippen LogP contribution in [0.5, 0.6) is 0 Å². The standard InChI is InChI=1S/C25H24F5N5/c1-13(21-4-2-3-5-31-21)35-11-14-6-17(7-15(14)12-35)32-22-10-19(25(29)30)24(34-33-22)18-8-16(26)9-20(27)23(18)28/h2-5,8-10,13-15,17,25H,6-7,11-12H2,1H3,(H,32,33)/t13?,14-,15+,17?/i13D. The summed E-state index contributed by atoms with van der Waals surface area (Å²) in [6, 6.07) is 6.55. The predicted molar refractivity (Wildman–Crippen MR) is 120 cm³/mol. The Morgan fingerprint density at radius 1 is 1.06 bits per heavy atom. The van der Waals surface area contributed by atoms with Gasteiger partial charge < -0.3 is 5.32 Å². The lowest BCUT2D eigenvalue weighted by Crippen LogP contribution is -2.28. The highest BCUT2D eigenvalue weighted by atomic mass is 19.3. The molecule has 5 rings (SSSR count). The zero-order valence-corrected chi connectivity index (χ0v) is 18.9. The van der Waals surface area contributed by atoms with E-state index in [1.807, 2.05) is 25.1 Å². The van der Waals surface area contributed by atoms with Crippen molar-refractivity contribution in [1.29, 1.82) is 0 Å². The second kappa shape index (κ2) is 9.49. The molecule has 2 unspecified atom stereocenters. The summed E-state index contributed by atoms with van der Waals surface area (Å²) >= 11 is 0. The van der Waals surface area contributed by atoms with Gasteiger partial charge in [-0.1, -0.05) is 6.07 Å². The molecule has 1 aromatic carbocycles. The van der Waals surface area contributed by atoms with Crippen molar-refractivity contribution in [3.63, 3.8) is 0 Å². The number of likely N-dealkylation sites (tertiary alicyclic amines) is 1. The third-order valence-corrected chi connectivity index (χ3v) is 6.92. The van der Waals surface area contributed by atoms with E-state index in [0.29, 0.717) is 29.7 Å². The van der Waals surface area contributed by atoms with Crippen LogP contribution in [0.25, 0.3) is 11.3 Å².